The zero-order valence-corrected chi connectivity index (χ0v) is 15.0. The molecule has 9 heteroatoms. The van der Waals surface area contributed by atoms with Crippen LogP contribution in [0.1, 0.15) is 37.0 Å². The number of carbonyl (C=O) groups is 2. The lowest BCUT2D eigenvalue weighted by atomic mass is 10.2. The summed E-state index contributed by atoms with van der Waals surface area (Å²) in [5.74, 6) is -0.871. The van der Waals surface area contributed by atoms with Gasteiger partial charge >= 0.3 is 0 Å². The molecule has 1 aliphatic carbocycles. The first-order valence-corrected chi connectivity index (χ1v) is 9.44. The van der Waals surface area contributed by atoms with E-state index in [2.05, 4.69) is 15.4 Å². The molecule has 1 saturated carbocycles. The number of hydrogen-bond donors (Lipinski definition) is 3. The molecule has 0 aromatic heterocycles. The Kier molecular flexibility index (Phi) is 5.84. The number of sulfonamides is 1. The second kappa shape index (κ2) is 7.50. The van der Waals surface area contributed by atoms with Gasteiger partial charge in [0.15, 0.2) is 0 Å². The van der Waals surface area contributed by atoms with Gasteiger partial charge in [0, 0.05) is 17.6 Å². The van der Waals surface area contributed by atoms with Crippen molar-refractivity contribution in [2.24, 2.45) is 0 Å². The normalized spacial score (nSPS) is 14.5. The molecule has 0 heterocycles. The summed E-state index contributed by atoms with van der Waals surface area (Å²) in [7, 11) is -3.77. The number of rotatable bonds is 7. The van der Waals surface area contributed by atoms with Gasteiger partial charge in [-0.2, -0.15) is 0 Å². The molecule has 0 atom stereocenters. The van der Waals surface area contributed by atoms with Gasteiger partial charge in [-0.3, -0.25) is 9.59 Å². The zero-order chi connectivity index (χ0) is 17.9. The highest BCUT2D eigenvalue weighted by Gasteiger charge is 2.29. The van der Waals surface area contributed by atoms with Crippen LogP contribution >= 0.6 is 11.6 Å². The van der Waals surface area contributed by atoms with Crippen LogP contribution < -0.4 is 15.4 Å². The molecule has 0 aliphatic heterocycles. The smallest absolute Gasteiger partial charge is 0.251 e. The number of carbonyl (C=O) groups excluding carboxylic acids is 2. The molecule has 0 bridgehead atoms. The van der Waals surface area contributed by atoms with Crippen LogP contribution in [0.15, 0.2) is 23.1 Å². The number of hydrogen-bond acceptors (Lipinski definition) is 4. The summed E-state index contributed by atoms with van der Waals surface area (Å²) in [6.07, 6.45) is 1.59. The molecular weight excluding hydrogens is 354 g/mol. The average Bonchev–Trinajstić information content (AvgIpc) is 3.27. The fraction of sp³-hybridized carbons (Fsp3) is 0.467. The van der Waals surface area contributed by atoms with E-state index in [1.807, 2.05) is 13.8 Å². The van der Waals surface area contributed by atoms with E-state index in [4.69, 9.17) is 11.6 Å². The zero-order valence-electron chi connectivity index (χ0n) is 13.4. The number of benzene rings is 1. The topological polar surface area (TPSA) is 104 Å². The minimum absolute atomic E-state index is 0.0322. The summed E-state index contributed by atoms with van der Waals surface area (Å²) in [4.78, 5) is 23.5. The van der Waals surface area contributed by atoms with E-state index in [1.165, 1.54) is 18.2 Å². The fourth-order valence-electron chi connectivity index (χ4n) is 1.97. The molecule has 1 aliphatic rings. The Morgan fingerprint density at radius 2 is 1.96 bits per heavy atom. The van der Waals surface area contributed by atoms with Crippen LogP contribution in [0.3, 0.4) is 0 Å². The monoisotopic (exact) mass is 373 g/mol. The number of nitrogens with one attached hydrogen (secondary N) is 3. The molecule has 1 aromatic rings. The lowest BCUT2D eigenvalue weighted by Gasteiger charge is -2.11. The van der Waals surface area contributed by atoms with E-state index in [0.29, 0.717) is 0 Å². The Hall–Kier alpha value is -1.64. The van der Waals surface area contributed by atoms with E-state index in [1.54, 1.807) is 0 Å². The van der Waals surface area contributed by atoms with Crippen molar-refractivity contribution >= 4 is 33.4 Å². The Balaban J connectivity index is 2.09. The standard InChI is InChI=1S/C15H20ClN3O4S/c1-9(2)18-14(20)8-17-15(21)10-3-6-12(16)13(7-10)24(22,23)19-11-4-5-11/h3,6-7,9,11,19H,4-5,8H2,1-2H3,(H,17,21)(H,18,20). The average molecular weight is 374 g/mol. The van der Waals surface area contributed by atoms with Crippen LogP contribution in [0.4, 0.5) is 0 Å². The van der Waals surface area contributed by atoms with E-state index >= 15 is 0 Å². The maximum Gasteiger partial charge on any atom is 0.251 e. The lowest BCUT2D eigenvalue weighted by Crippen LogP contribution is -2.39. The van der Waals surface area contributed by atoms with Gasteiger partial charge in [0.2, 0.25) is 15.9 Å². The number of halogens is 1. The first kappa shape index (κ1) is 18.7. The van der Waals surface area contributed by atoms with Crippen molar-refractivity contribution in [3.05, 3.63) is 28.8 Å². The van der Waals surface area contributed by atoms with Gasteiger partial charge in [-0.15, -0.1) is 0 Å². The first-order valence-electron chi connectivity index (χ1n) is 7.58. The predicted molar refractivity (Wildman–Crippen MR) is 90.4 cm³/mol. The van der Waals surface area contributed by atoms with Crippen molar-refractivity contribution < 1.29 is 18.0 Å². The summed E-state index contributed by atoms with van der Waals surface area (Å²) in [5, 5.41) is 5.13. The van der Waals surface area contributed by atoms with Gasteiger partial charge < -0.3 is 10.6 Å². The van der Waals surface area contributed by atoms with Crippen molar-refractivity contribution in [1.29, 1.82) is 0 Å². The van der Waals surface area contributed by atoms with Crippen LogP contribution in [-0.2, 0) is 14.8 Å². The molecule has 2 rings (SSSR count). The summed E-state index contributed by atoms with van der Waals surface area (Å²) >= 11 is 5.96. The van der Waals surface area contributed by atoms with Gasteiger partial charge in [0.25, 0.3) is 5.91 Å². The van der Waals surface area contributed by atoms with E-state index in [9.17, 15) is 18.0 Å². The van der Waals surface area contributed by atoms with Gasteiger partial charge in [0.1, 0.15) is 4.90 Å². The highest BCUT2D eigenvalue weighted by atomic mass is 35.5. The van der Waals surface area contributed by atoms with Crippen LogP contribution in [0.25, 0.3) is 0 Å². The largest absolute Gasteiger partial charge is 0.352 e. The molecule has 24 heavy (non-hydrogen) atoms. The lowest BCUT2D eigenvalue weighted by molar-refractivity contribution is -0.120. The minimum Gasteiger partial charge on any atom is -0.352 e. The Labute approximate surface area is 146 Å². The van der Waals surface area contributed by atoms with Gasteiger partial charge in [-0.1, -0.05) is 11.6 Å². The Morgan fingerprint density at radius 1 is 1.29 bits per heavy atom. The molecule has 2 amide bonds. The Bertz CT molecular complexity index is 745. The third kappa shape index (κ3) is 5.19. The van der Waals surface area contributed by atoms with Crippen LogP contribution in [0.5, 0.6) is 0 Å². The first-order chi connectivity index (χ1) is 11.2. The Morgan fingerprint density at radius 3 is 2.54 bits per heavy atom. The number of amides is 2. The van der Waals surface area contributed by atoms with Crippen molar-refractivity contribution in [3.8, 4) is 0 Å². The molecule has 0 saturated heterocycles. The summed E-state index contributed by atoms with van der Waals surface area (Å²) in [6, 6.07) is 3.88. The second-order valence-electron chi connectivity index (χ2n) is 5.95. The highest BCUT2D eigenvalue weighted by Crippen LogP contribution is 2.26. The fourth-order valence-corrected chi connectivity index (χ4v) is 3.80. The maximum atomic E-state index is 12.3. The molecule has 1 fully saturated rings. The van der Waals surface area contributed by atoms with E-state index in [-0.39, 0.29) is 40.0 Å². The minimum atomic E-state index is -3.77. The SMILES string of the molecule is CC(C)NC(=O)CNC(=O)c1ccc(Cl)c(S(=O)(=O)NC2CC2)c1. The quantitative estimate of drug-likeness (QED) is 0.664. The molecule has 3 N–H and O–H groups in total. The predicted octanol–water partition coefficient (Wildman–Crippen LogP) is 1.04. The maximum absolute atomic E-state index is 12.3. The van der Waals surface area contributed by atoms with Crippen molar-refractivity contribution in [2.75, 3.05) is 6.54 Å². The van der Waals surface area contributed by atoms with E-state index < -0.39 is 15.9 Å². The third-order valence-electron chi connectivity index (χ3n) is 3.24. The third-order valence-corrected chi connectivity index (χ3v) is 5.24. The van der Waals surface area contributed by atoms with Crippen molar-refractivity contribution in [2.45, 2.75) is 43.7 Å². The molecule has 0 spiro atoms. The molecule has 132 valence electrons. The second-order valence-corrected chi connectivity index (χ2v) is 8.04. The highest BCUT2D eigenvalue weighted by molar-refractivity contribution is 7.89. The summed E-state index contributed by atoms with van der Waals surface area (Å²) < 4.78 is 27.1. The van der Waals surface area contributed by atoms with Crippen LogP contribution in [-0.4, -0.2) is 38.9 Å². The van der Waals surface area contributed by atoms with Gasteiger partial charge in [-0.25, -0.2) is 13.1 Å². The molecule has 7 nitrogen and oxygen atoms in total. The van der Waals surface area contributed by atoms with Crippen LogP contribution in [0.2, 0.25) is 5.02 Å². The van der Waals surface area contributed by atoms with Crippen LogP contribution in [0, 0.1) is 0 Å². The molecule has 1 aromatic carbocycles. The van der Waals surface area contributed by atoms with Gasteiger partial charge in [0.05, 0.1) is 11.6 Å². The van der Waals surface area contributed by atoms with Crippen molar-refractivity contribution in [1.82, 2.24) is 15.4 Å². The van der Waals surface area contributed by atoms with E-state index in [0.717, 1.165) is 12.8 Å². The van der Waals surface area contributed by atoms with Gasteiger partial charge in [-0.05, 0) is 44.9 Å². The molecular formula is C15H20ClN3O4S. The summed E-state index contributed by atoms with van der Waals surface area (Å²) in [5.41, 5.74) is 0.118. The summed E-state index contributed by atoms with van der Waals surface area (Å²) in [6.45, 7) is 3.42. The molecule has 0 radical (unpaired) electrons. The van der Waals surface area contributed by atoms with Crippen molar-refractivity contribution in [3.63, 3.8) is 0 Å². The molecule has 0 unspecified atom stereocenters.